The molecule has 1 amide bonds. The molecular formula is C28H37N5O2S. The van der Waals surface area contributed by atoms with E-state index in [1.54, 1.807) is 27.2 Å². The number of carbonyl (C=O) groups excluding carboxylic acids is 1. The largest absolute Gasteiger partial charge is 0.353 e. The topological polar surface area (TPSA) is 81.8 Å². The van der Waals surface area contributed by atoms with Crippen LogP contribution in [0.15, 0.2) is 40.4 Å². The number of hydrogen-bond donors (Lipinski definition) is 1. The van der Waals surface area contributed by atoms with E-state index in [2.05, 4.69) is 10.4 Å². The summed E-state index contributed by atoms with van der Waals surface area (Å²) in [6.45, 7) is 2.02. The van der Waals surface area contributed by atoms with Crippen LogP contribution in [0, 0.1) is 6.92 Å². The van der Waals surface area contributed by atoms with Crippen LogP contribution in [0.1, 0.15) is 88.7 Å². The van der Waals surface area contributed by atoms with E-state index in [-0.39, 0.29) is 23.6 Å². The minimum Gasteiger partial charge on any atom is -0.353 e. The van der Waals surface area contributed by atoms with E-state index < -0.39 is 0 Å². The fourth-order valence-corrected chi connectivity index (χ4v) is 6.70. The molecule has 5 rings (SSSR count). The minimum absolute atomic E-state index is 0.0492. The van der Waals surface area contributed by atoms with Crippen molar-refractivity contribution in [1.82, 2.24) is 24.6 Å². The van der Waals surface area contributed by atoms with Crippen LogP contribution < -0.4 is 10.9 Å². The summed E-state index contributed by atoms with van der Waals surface area (Å²) < 4.78 is 3.47. The van der Waals surface area contributed by atoms with Crippen LogP contribution in [0.4, 0.5) is 0 Å². The first-order valence-electron chi connectivity index (χ1n) is 13.6. The lowest BCUT2D eigenvalue weighted by molar-refractivity contribution is -0.122. The highest BCUT2D eigenvalue weighted by molar-refractivity contribution is 7.99. The average Bonchev–Trinajstić information content (AvgIpc) is 3.46. The number of carbonyl (C=O) groups is 1. The summed E-state index contributed by atoms with van der Waals surface area (Å²) in [7, 11) is 0. The normalized spacial score (nSPS) is 20.0. The molecular weight excluding hydrogens is 470 g/mol. The van der Waals surface area contributed by atoms with Gasteiger partial charge in [-0.3, -0.25) is 14.2 Å². The van der Waals surface area contributed by atoms with Gasteiger partial charge in [-0.15, -0.1) is 0 Å². The Morgan fingerprint density at radius 1 is 1.03 bits per heavy atom. The number of aryl methyl sites for hydroxylation is 1. The van der Waals surface area contributed by atoms with Gasteiger partial charge in [0.2, 0.25) is 5.91 Å². The average molecular weight is 508 g/mol. The maximum atomic E-state index is 13.5. The summed E-state index contributed by atoms with van der Waals surface area (Å²) in [5, 5.41) is 8.97. The Hall–Kier alpha value is -2.61. The van der Waals surface area contributed by atoms with Crippen LogP contribution in [0.5, 0.6) is 0 Å². The molecule has 0 radical (unpaired) electrons. The van der Waals surface area contributed by atoms with Gasteiger partial charge in [-0.05, 0) is 31.4 Å². The molecule has 2 aromatic heterocycles. The van der Waals surface area contributed by atoms with Gasteiger partial charge < -0.3 is 5.32 Å². The highest BCUT2D eigenvalue weighted by atomic mass is 32.2. The summed E-state index contributed by atoms with van der Waals surface area (Å²) in [6.07, 6.45) is 15.6. The molecule has 1 unspecified atom stereocenters. The Bertz CT molecular complexity index is 1250. The number of fused-ring (bicyclic) bond motifs is 2. The number of benzene rings is 1. The molecule has 0 bridgehead atoms. The van der Waals surface area contributed by atoms with Gasteiger partial charge in [0.05, 0.1) is 17.9 Å². The van der Waals surface area contributed by atoms with E-state index in [1.807, 2.05) is 31.2 Å². The summed E-state index contributed by atoms with van der Waals surface area (Å²) in [5.41, 5.74) is 2.45. The van der Waals surface area contributed by atoms with Crippen molar-refractivity contribution < 1.29 is 4.79 Å². The maximum Gasteiger partial charge on any atom is 0.265 e. The molecule has 7 nitrogen and oxygen atoms in total. The van der Waals surface area contributed by atoms with Gasteiger partial charge in [0.1, 0.15) is 5.39 Å². The lowest BCUT2D eigenvalue weighted by Gasteiger charge is -2.21. The van der Waals surface area contributed by atoms with Gasteiger partial charge in [0, 0.05) is 18.2 Å². The number of thioether (sulfide) groups is 1. The van der Waals surface area contributed by atoms with E-state index in [9.17, 15) is 9.59 Å². The molecule has 0 spiro atoms. The van der Waals surface area contributed by atoms with E-state index >= 15 is 0 Å². The standard InChI is InChI=1S/C28H37N5O2S/c1-20-13-11-12-16-24(20)33-26-23(18-29-33)27(35)32-22(19-36-28(32)31-26)17-25(34)30-21-14-9-7-5-3-2-4-6-8-10-15-21/h11-13,16,18,21-22H,2-10,14-15,17,19H2,1H3,(H,30,34). The van der Waals surface area contributed by atoms with Crippen molar-refractivity contribution in [2.24, 2.45) is 0 Å². The molecule has 2 aliphatic rings. The number of hydrogen-bond acceptors (Lipinski definition) is 5. The van der Waals surface area contributed by atoms with Crippen LogP contribution in [-0.2, 0) is 4.79 Å². The highest BCUT2D eigenvalue weighted by Gasteiger charge is 2.30. The second kappa shape index (κ2) is 11.6. The third-order valence-electron chi connectivity index (χ3n) is 7.61. The first-order valence-corrected chi connectivity index (χ1v) is 14.6. The Labute approximate surface area is 217 Å². The molecule has 1 atom stereocenters. The number of amides is 1. The van der Waals surface area contributed by atoms with E-state index in [1.165, 1.54) is 57.8 Å². The van der Waals surface area contributed by atoms with Gasteiger partial charge in [0.25, 0.3) is 5.56 Å². The van der Waals surface area contributed by atoms with Crippen LogP contribution in [0.2, 0.25) is 0 Å². The predicted molar refractivity (Wildman–Crippen MR) is 145 cm³/mol. The van der Waals surface area contributed by atoms with Crippen LogP contribution in [-0.4, -0.2) is 37.0 Å². The number of aromatic nitrogens is 4. The monoisotopic (exact) mass is 507 g/mol. The van der Waals surface area contributed by atoms with Crippen LogP contribution in [0.3, 0.4) is 0 Å². The first kappa shape index (κ1) is 25.1. The van der Waals surface area contributed by atoms with Crippen molar-refractivity contribution in [2.45, 2.75) is 101 Å². The Balaban J connectivity index is 1.30. The number of rotatable bonds is 4. The number of nitrogens with one attached hydrogen (secondary N) is 1. The lowest BCUT2D eigenvalue weighted by atomic mass is 9.97. The highest BCUT2D eigenvalue weighted by Crippen LogP contribution is 2.33. The SMILES string of the molecule is Cc1ccccc1-n1ncc2c(=O)n3c(nc21)SCC3CC(=O)NC1CCCCCCCCCCC1. The molecule has 3 heterocycles. The van der Waals surface area contributed by atoms with Gasteiger partial charge in [-0.25, -0.2) is 9.67 Å². The fourth-order valence-electron chi connectivity index (χ4n) is 5.57. The van der Waals surface area contributed by atoms with Crippen molar-refractivity contribution >= 4 is 28.7 Å². The Morgan fingerprint density at radius 2 is 1.69 bits per heavy atom. The molecule has 8 heteroatoms. The van der Waals surface area contributed by atoms with Crippen LogP contribution in [0.25, 0.3) is 16.7 Å². The molecule has 1 aliphatic heterocycles. The molecule has 3 aromatic rings. The molecule has 1 saturated carbocycles. The van der Waals surface area contributed by atoms with E-state index in [0.717, 1.165) is 24.1 Å². The molecule has 1 fully saturated rings. The van der Waals surface area contributed by atoms with Crippen molar-refractivity contribution in [3.05, 3.63) is 46.4 Å². The van der Waals surface area contributed by atoms with Gasteiger partial charge in [-0.1, -0.05) is 87.7 Å². The zero-order valence-electron chi connectivity index (χ0n) is 21.2. The number of para-hydroxylation sites is 1. The van der Waals surface area contributed by atoms with Crippen LogP contribution >= 0.6 is 11.8 Å². The maximum absolute atomic E-state index is 13.5. The molecule has 36 heavy (non-hydrogen) atoms. The predicted octanol–water partition coefficient (Wildman–Crippen LogP) is 5.72. The molecule has 1 aliphatic carbocycles. The van der Waals surface area contributed by atoms with E-state index in [4.69, 9.17) is 4.98 Å². The zero-order valence-corrected chi connectivity index (χ0v) is 22.1. The molecule has 1 N–H and O–H groups in total. The van der Waals surface area contributed by atoms with Crippen molar-refractivity contribution in [3.8, 4) is 5.69 Å². The zero-order chi connectivity index (χ0) is 24.9. The lowest BCUT2D eigenvalue weighted by Crippen LogP contribution is -2.37. The molecule has 1 aromatic carbocycles. The summed E-state index contributed by atoms with van der Waals surface area (Å²) in [6, 6.07) is 8.02. The van der Waals surface area contributed by atoms with Crippen molar-refractivity contribution in [2.75, 3.05) is 5.75 Å². The van der Waals surface area contributed by atoms with Crippen molar-refractivity contribution in [3.63, 3.8) is 0 Å². The van der Waals surface area contributed by atoms with E-state index in [0.29, 0.717) is 28.4 Å². The fraction of sp³-hybridized carbons (Fsp3) is 0.571. The quantitative estimate of drug-likeness (QED) is 0.457. The third-order valence-corrected chi connectivity index (χ3v) is 8.70. The van der Waals surface area contributed by atoms with Crippen molar-refractivity contribution in [1.29, 1.82) is 0 Å². The summed E-state index contributed by atoms with van der Waals surface area (Å²) >= 11 is 1.55. The second-order valence-corrected chi connectivity index (χ2v) is 11.3. The second-order valence-electron chi connectivity index (χ2n) is 10.3. The smallest absolute Gasteiger partial charge is 0.265 e. The molecule has 0 saturated heterocycles. The van der Waals surface area contributed by atoms with Gasteiger partial charge >= 0.3 is 0 Å². The Kier molecular flexibility index (Phi) is 8.09. The number of nitrogens with zero attached hydrogens (tertiary/aromatic N) is 4. The van der Waals surface area contributed by atoms with Gasteiger partial charge in [-0.2, -0.15) is 5.10 Å². The first-order chi connectivity index (χ1) is 17.6. The molecule has 192 valence electrons. The summed E-state index contributed by atoms with van der Waals surface area (Å²) in [5.74, 6) is 0.734. The third kappa shape index (κ3) is 5.53. The Morgan fingerprint density at radius 3 is 2.39 bits per heavy atom. The summed E-state index contributed by atoms with van der Waals surface area (Å²) in [4.78, 5) is 31.4. The minimum atomic E-state index is -0.178. The van der Waals surface area contributed by atoms with Gasteiger partial charge in [0.15, 0.2) is 10.8 Å².